The van der Waals surface area contributed by atoms with E-state index in [2.05, 4.69) is 14.8 Å². The fraction of sp³-hybridized carbons (Fsp3) is 0.476. The minimum atomic E-state index is -0.434. The zero-order chi connectivity index (χ0) is 20.8. The van der Waals surface area contributed by atoms with Crippen LogP contribution in [0, 0.1) is 0 Å². The lowest BCUT2D eigenvalue weighted by molar-refractivity contribution is 0.0517. The summed E-state index contributed by atoms with van der Waals surface area (Å²) in [6, 6.07) is 5.18. The van der Waals surface area contributed by atoms with Gasteiger partial charge in [0.15, 0.2) is 0 Å². The Kier molecular flexibility index (Phi) is 7.00. The van der Waals surface area contributed by atoms with Crippen LogP contribution in [0.3, 0.4) is 0 Å². The molecule has 8 nitrogen and oxygen atoms in total. The van der Waals surface area contributed by atoms with Gasteiger partial charge >= 0.3 is 11.9 Å². The van der Waals surface area contributed by atoms with Crippen molar-refractivity contribution in [3.63, 3.8) is 0 Å². The predicted molar refractivity (Wildman–Crippen MR) is 109 cm³/mol. The largest absolute Gasteiger partial charge is 0.462 e. The maximum absolute atomic E-state index is 12.6. The molecule has 1 aliphatic rings. The highest BCUT2D eigenvalue weighted by atomic mass is 16.5. The molecule has 2 heterocycles. The second-order valence-electron chi connectivity index (χ2n) is 6.75. The van der Waals surface area contributed by atoms with Gasteiger partial charge in [0, 0.05) is 44.3 Å². The number of ether oxygens (including phenoxy) is 2. The number of carbonyl (C=O) groups is 2. The molecule has 0 unspecified atom stereocenters. The average molecular weight is 401 g/mol. The molecule has 1 aromatic carbocycles. The molecule has 0 bridgehead atoms. The summed E-state index contributed by atoms with van der Waals surface area (Å²) >= 11 is 0. The molecule has 0 saturated carbocycles. The normalized spacial score (nSPS) is 14.8. The Morgan fingerprint density at radius 3 is 2.41 bits per heavy atom. The smallest absolute Gasteiger partial charge is 0.341 e. The van der Waals surface area contributed by atoms with E-state index in [0.29, 0.717) is 36.3 Å². The van der Waals surface area contributed by atoms with E-state index in [1.54, 1.807) is 38.2 Å². The highest BCUT2D eigenvalue weighted by Gasteiger charge is 2.25. The number of piperazine rings is 1. The maximum Gasteiger partial charge on any atom is 0.341 e. The molecule has 8 heteroatoms. The summed E-state index contributed by atoms with van der Waals surface area (Å²) in [6.07, 6.45) is 1.54. The van der Waals surface area contributed by atoms with Crippen molar-refractivity contribution >= 4 is 28.5 Å². The van der Waals surface area contributed by atoms with Crippen molar-refractivity contribution in [2.75, 3.05) is 57.4 Å². The minimum Gasteiger partial charge on any atom is -0.462 e. The van der Waals surface area contributed by atoms with Gasteiger partial charge in [-0.3, -0.25) is 9.88 Å². The van der Waals surface area contributed by atoms with Gasteiger partial charge in [0.1, 0.15) is 5.56 Å². The van der Waals surface area contributed by atoms with Crippen LogP contribution in [-0.2, 0) is 9.47 Å². The first-order chi connectivity index (χ1) is 14.1. The Labute approximate surface area is 170 Å². The number of nitrogens with zero attached hydrogens (tertiary/aromatic N) is 3. The fourth-order valence-corrected chi connectivity index (χ4v) is 3.56. The number of fused-ring (bicyclic) bond motifs is 1. The first kappa shape index (κ1) is 21.0. The van der Waals surface area contributed by atoms with E-state index in [1.165, 1.54) is 0 Å². The van der Waals surface area contributed by atoms with E-state index in [-0.39, 0.29) is 19.8 Å². The van der Waals surface area contributed by atoms with Gasteiger partial charge in [-0.25, -0.2) is 9.59 Å². The molecule has 0 amide bonds. The number of anilines is 1. The van der Waals surface area contributed by atoms with Crippen molar-refractivity contribution < 1.29 is 24.2 Å². The van der Waals surface area contributed by atoms with Crippen LogP contribution in [0.15, 0.2) is 24.4 Å². The van der Waals surface area contributed by atoms with Crippen LogP contribution in [0.5, 0.6) is 0 Å². The molecule has 0 atom stereocenters. The molecule has 0 spiro atoms. The molecule has 2 aromatic rings. The van der Waals surface area contributed by atoms with Gasteiger partial charge in [-0.05, 0) is 32.0 Å². The highest BCUT2D eigenvalue weighted by Crippen LogP contribution is 2.32. The molecule has 1 aliphatic heterocycles. The summed E-state index contributed by atoms with van der Waals surface area (Å²) in [5, 5.41) is 9.90. The Morgan fingerprint density at radius 1 is 1.07 bits per heavy atom. The third kappa shape index (κ3) is 4.65. The van der Waals surface area contributed by atoms with Crippen LogP contribution in [0.25, 0.3) is 10.9 Å². The van der Waals surface area contributed by atoms with Crippen molar-refractivity contribution in [3.8, 4) is 0 Å². The summed E-state index contributed by atoms with van der Waals surface area (Å²) in [4.78, 5) is 33.6. The molecule has 1 N–H and O–H groups in total. The number of esters is 2. The van der Waals surface area contributed by atoms with Gasteiger partial charge in [-0.1, -0.05) is 0 Å². The number of benzene rings is 1. The Hall–Kier alpha value is -2.71. The lowest BCUT2D eigenvalue weighted by Crippen LogP contribution is -2.47. The van der Waals surface area contributed by atoms with Crippen molar-refractivity contribution in [2.45, 2.75) is 13.8 Å². The van der Waals surface area contributed by atoms with Crippen molar-refractivity contribution in [1.29, 1.82) is 0 Å². The van der Waals surface area contributed by atoms with Crippen LogP contribution in [-0.4, -0.2) is 79.5 Å². The first-order valence-electron chi connectivity index (χ1n) is 9.94. The standard InChI is InChI=1S/C21H27N3O5/c1-3-28-20(26)15-5-6-18-16(13-15)19(17(14-22-18)21(27)29-4-2)24-9-7-23(8-10-24)11-12-25/h5-6,13-14,25H,3-4,7-12H2,1-2H3. The molecule has 0 aliphatic carbocycles. The maximum atomic E-state index is 12.6. The summed E-state index contributed by atoms with van der Waals surface area (Å²) in [6.45, 7) is 7.74. The number of β-amino-alcohol motifs (C(OH)–C–C–N with tert-alkyl or cyclic N) is 1. The molecule has 3 rings (SSSR count). The monoisotopic (exact) mass is 401 g/mol. The van der Waals surface area contributed by atoms with Crippen LogP contribution in [0.2, 0.25) is 0 Å². The van der Waals surface area contributed by atoms with Gasteiger partial charge in [-0.15, -0.1) is 0 Å². The number of aliphatic hydroxyl groups excluding tert-OH is 1. The van der Waals surface area contributed by atoms with Gasteiger partial charge in [0.25, 0.3) is 0 Å². The SMILES string of the molecule is CCOC(=O)c1ccc2ncc(C(=O)OCC)c(N3CCN(CCO)CC3)c2c1. The third-order valence-corrected chi connectivity index (χ3v) is 4.95. The molecular formula is C21H27N3O5. The Bertz CT molecular complexity index is 873. The molecule has 1 fully saturated rings. The van der Waals surface area contributed by atoms with E-state index in [4.69, 9.17) is 9.47 Å². The van der Waals surface area contributed by atoms with Crippen molar-refractivity contribution in [2.24, 2.45) is 0 Å². The summed E-state index contributed by atoms with van der Waals surface area (Å²) in [5.41, 5.74) is 2.22. The highest BCUT2D eigenvalue weighted by molar-refractivity contribution is 6.07. The second kappa shape index (κ2) is 9.67. The van der Waals surface area contributed by atoms with E-state index < -0.39 is 11.9 Å². The average Bonchev–Trinajstić information content (AvgIpc) is 2.73. The van der Waals surface area contributed by atoms with Crippen LogP contribution in [0.4, 0.5) is 5.69 Å². The van der Waals surface area contributed by atoms with Crippen LogP contribution < -0.4 is 4.90 Å². The van der Waals surface area contributed by atoms with E-state index in [1.807, 2.05) is 0 Å². The third-order valence-electron chi connectivity index (χ3n) is 4.95. The number of pyridine rings is 1. The van der Waals surface area contributed by atoms with E-state index in [9.17, 15) is 14.7 Å². The summed E-state index contributed by atoms with van der Waals surface area (Å²) in [7, 11) is 0. The van der Waals surface area contributed by atoms with Crippen LogP contribution >= 0.6 is 0 Å². The van der Waals surface area contributed by atoms with Crippen LogP contribution in [0.1, 0.15) is 34.6 Å². The quantitative estimate of drug-likeness (QED) is 0.701. The van der Waals surface area contributed by atoms with E-state index >= 15 is 0 Å². The van der Waals surface area contributed by atoms with Crippen molar-refractivity contribution in [3.05, 3.63) is 35.5 Å². The zero-order valence-corrected chi connectivity index (χ0v) is 16.9. The fourth-order valence-electron chi connectivity index (χ4n) is 3.56. The molecule has 1 aromatic heterocycles. The molecule has 29 heavy (non-hydrogen) atoms. The first-order valence-corrected chi connectivity index (χ1v) is 9.94. The predicted octanol–water partition coefficient (Wildman–Crippen LogP) is 1.70. The summed E-state index contributed by atoms with van der Waals surface area (Å²) in [5.74, 6) is -0.842. The van der Waals surface area contributed by atoms with Crippen molar-refractivity contribution in [1.82, 2.24) is 9.88 Å². The molecule has 156 valence electrons. The van der Waals surface area contributed by atoms with Gasteiger partial charge in [0.05, 0.1) is 36.6 Å². The number of hydrogen-bond donors (Lipinski definition) is 1. The lowest BCUT2D eigenvalue weighted by Gasteiger charge is -2.37. The number of carbonyl (C=O) groups excluding carboxylic acids is 2. The Morgan fingerprint density at radius 2 is 1.76 bits per heavy atom. The zero-order valence-electron chi connectivity index (χ0n) is 16.9. The lowest BCUT2D eigenvalue weighted by atomic mass is 10.0. The minimum absolute atomic E-state index is 0.120. The second-order valence-corrected chi connectivity index (χ2v) is 6.75. The molecule has 1 saturated heterocycles. The number of hydrogen-bond acceptors (Lipinski definition) is 8. The Balaban J connectivity index is 2.06. The topological polar surface area (TPSA) is 92.2 Å². The number of aromatic nitrogens is 1. The molecular weight excluding hydrogens is 374 g/mol. The number of rotatable bonds is 7. The van der Waals surface area contributed by atoms with Gasteiger partial charge < -0.3 is 19.5 Å². The van der Waals surface area contributed by atoms with Gasteiger partial charge in [0.2, 0.25) is 0 Å². The van der Waals surface area contributed by atoms with Gasteiger partial charge in [-0.2, -0.15) is 0 Å². The number of aliphatic hydroxyl groups is 1. The molecule has 0 radical (unpaired) electrons. The van der Waals surface area contributed by atoms with E-state index in [0.717, 1.165) is 24.2 Å². The summed E-state index contributed by atoms with van der Waals surface area (Å²) < 4.78 is 10.4.